The fraction of sp³-hybridized carbons (Fsp3) is 0.950. The highest BCUT2D eigenvalue weighted by Gasteiger charge is 2.23. The Morgan fingerprint density at radius 3 is 1.09 bits per heavy atom. The first-order valence-electron chi connectivity index (χ1n) is 30.6. The number of rotatable bonds is 57. The Bertz CT molecular complexity index is 1130. The molecule has 1 amide bonds. The fourth-order valence-corrected chi connectivity index (χ4v) is 10.2. The number of phosphoric ester groups is 1. The number of aliphatic hydroxyl groups is 1. The van der Waals surface area contributed by atoms with Gasteiger partial charge < -0.3 is 28.8 Å². The van der Waals surface area contributed by atoms with Gasteiger partial charge in [0.15, 0.2) is 0 Å². The second-order valence-corrected chi connectivity index (χ2v) is 23.8. The number of nitrogens with one attached hydrogen (secondary N) is 1. The first-order valence-corrected chi connectivity index (χ1v) is 32.0. The van der Waals surface area contributed by atoms with Crippen molar-refractivity contribution in [1.82, 2.24) is 5.32 Å². The summed E-state index contributed by atoms with van der Waals surface area (Å²) < 4.78 is 23.4. The highest BCUT2D eigenvalue weighted by Crippen LogP contribution is 2.38. The summed E-state index contributed by atoms with van der Waals surface area (Å²) in [7, 11) is 1.28. The van der Waals surface area contributed by atoms with E-state index in [4.69, 9.17) is 9.05 Å². The number of hydrogen-bond acceptors (Lipinski definition) is 6. The molecular formula is C60H121N2O6P. The van der Waals surface area contributed by atoms with Gasteiger partial charge in [0.05, 0.1) is 39.9 Å². The third kappa shape index (κ3) is 54.8. The molecule has 69 heavy (non-hydrogen) atoms. The van der Waals surface area contributed by atoms with Crippen LogP contribution in [0, 0.1) is 0 Å². The highest BCUT2D eigenvalue weighted by molar-refractivity contribution is 7.45. The summed E-state index contributed by atoms with van der Waals surface area (Å²) in [5.74, 6) is -0.189. The molecule has 0 aliphatic heterocycles. The molecule has 0 saturated carbocycles. The first kappa shape index (κ1) is 68.2. The zero-order valence-electron chi connectivity index (χ0n) is 47.0. The molecule has 8 nitrogen and oxygen atoms in total. The van der Waals surface area contributed by atoms with Gasteiger partial charge in [-0.25, -0.2) is 0 Å². The SMILES string of the molecule is CCCCCCCCCCCCCCCCC/C=C/[C@@H](O)[C@H](COP(=O)([O-])OCC[N+](C)(C)C)NC(=O)CCCCCCCCCCCCCCCCCCCCCCCCCCCCCCCC. The highest BCUT2D eigenvalue weighted by atomic mass is 31.2. The predicted molar refractivity (Wildman–Crippen MR) is 298 cm³/mol. The Morgan fingerprint density at radius 2 is 0.783 bits per heavy atom. The van der Waals surface area contributed by atoms with Crippen molar-refractivity contribution in [1.29, 1.82) is 0 Å². The van der Waals surface area contributed by atoms with Crippen LogP contribution in [0.25, 0.3) is 0 Å². The maximum atomic E-state index is 13.0. The number of carbonyl (C=O) groups excluding carboxylic acids is 1. The minimum atomic E-state index is -4.59. The number of nitrogens with zero attached hydrogens (tertiary/aromatic N) is 1. The van der Waals surface area contributed by atoms with Gasteiger partial charge in [-0.15, -0.1) is 0 Å². The monoisotopic (exact) mass is 997 g/mol. The van der Waals surface area contributed by atoms with Crippen molar-refractivity contribution in [3.8, 4) is 0 Å². The molecule has 1 unspecified atom stereocenters. The van der Waals surface area contributed by atoms with E-state index in [9.17, 15) is 19.4 Å². The molecule has 0 aliphatic carbocycles. The molecule has 2 N–H and O–H groups in total. The van der Waals surface area contributed by atoms with Crippen LogP contribution in [0.1, 0.15) is 316 Å². The molecule has 0 rings (SSSR count). The van der Waals surface area contributed by atoms with E-state index in [1.54, 1.807) is 6.08 Å². The average molecular weight is 998 g/mol. The van der Waals surface area contributed by atoms with Gasteiger partial charge in [0.1, 0.15) is 13.2 Å². The molecule has 0 bridgehead atoms. The Kier molecular flexibility index (Phi) is 51.5. The van der Waals surface area contributed by atoms with E-state index in [0.29, 0.717) is 17.4 Å². The molecule has 0 heterocycles. The molecule has 0 aromatic heterocycles. The van der Waals surface area contributed by atoms with Crippen LogP contribution in [0.3, 0.4) is 0 Å². The molecule has 0 aromatic carbocycles. The van der Waals surface area contributed by atoms with Gasteiger partial charge in [0.25, 0.3) is 7.82 Å². The predicted octanol–water partition coefficient (Wildman–Crippen LogP) is 18.0. The summed E-state index contributed by atoms with van der Waals surface area (Å²) in [6, 6.07) is -0.882. The smallest absolute Gasteiger partial charge is 0.268 e. The Hall–Kier alpha value is -0.760. The van der Waals surface area contributed by atoms with E-state index in [1.165, 1.54) is 257 Å². The van der Waals surface area contributed by atoms with Crippen LogP contribution < -0.4 is 10.2 Å². The van der Waals surface area contributed by atoms with Crippen LogP contribution in [0.15, 0.2) is 12.2 Å². The van der Waals surface area contributed by atoms with Gasteiger partial charge in [-0.1, -0.05) is 302 Å². The fourth-order valence-electron chi connectivity index (χ4n) is 9.45. The van der Waals surface area contributed by atoms with Crippen molar-refractivity contribution in [2.24, 2.45) is 0 Å². The lowest BCUT2D eigenvalue weighted by Gasteiger charge is -2.29. The number of aliphatic hydroxyl groups excluding tert-OH is 1. The summed E-state index contributed by atoms with van der Waals surface area (Å²) in [6.45, 7) is 4.70. The Balaban J connectivity index is 4.04. The normalized spacial score (nSPS) is 13.9. The lowest BCUT2D eigenvalue weighted by molar-refractivity contribution is -0.870. The number of likely N-dealkylation sites (N-methyl/N-ethyl adjacent to an activating group) is 1. The standard InChI is InChI=1S/C60H121N2O6P/c1-6-8-10-12-14-16-18-20-22-24-25-26-27-28-29-30-31-32-33-34-35-36-38-40-42-44-46-48-50-52-54-60(64)61-58(57-68-69(65,66)67-56-55-62(3,4)5)59(63)53-51-49-47-45-43-41-39-37-23-21-19-17-15-13-11-9-7-2/h51,53,58-59,63H,6-50,52,54-57H2,1-5H3,(H-,61,64,65,66)/b53-51+/t58-,59+/m0/s1. The molecular weight excluding hydrogens is 876 g/mol. The van der Waals surface area contributed by atoms with E-state index in [2.05, 4.69) is 19.2 Å². The maximum Gasteiger partial charge on any atom is 0.268 e. The number of unbranched alkanes of at least 4 members (excludes halogenated alkanes) is 44. The van der Waals surface area contributed by atoms with Crippen LogP contribution >= 0.6 is 7.82 Å². The minimum absolute atomic E-state index is 0.00268. The van der Waals surface area contributed by atoms with Crippen LogP contribution in [0.4, 0.5) is 0 Å². The zero-order valence-corrected chi connectivity index (χ0v) is 47.9. The number of quaternary nitrogens is 1. The van der Waals surface area contributed by atoms with E-state index in [0.717, 1.165) is 38.5 Å². The van der Waals surface area contributed by atoms with E-state index >= 15 is 0 Å². The van der Waals surface area contributed by atoms with Gasteiger partial charge in [0, 0.05) is 6.42 Å². The lowest BCUT2D eigenvalue weighted by Crippen LogP contribution is -2.45. The summed E-state index contributed by atoms with van der Waals surface area (Å²) in [4.78, 5) is 25.5. The largest absolute Gasteiger partial charge is 0.756 e. The Labute approximate surface area is 431 Å². The number of amides is 1. The van der Waals surface area contributed by atoms with Crippen molar-refractivity contribution in [3.63, 3.8) is 0 Å². The third-order valence-corrected chi connectivity index (χ3v) is 15.2. The van der Waals surface area contributed by atoms with Gasteiger partial charge >= 0.3 is 0 Å². The summed E-state index contributed by atoms with van der Waals surface area (Å²) in [5, 5.41) is 13.9. The number of hydrogen-bond donors (Lipinski definition) is 2. The summed E-state index contributed by atoms with van der Waals surface area (Å²) >= 11 is 0. The average Bonchev–Trinajstić information content (AvgIpc) is 3.31. The molecule has 0 spiro atoms. The molecule has 0 saturated heterocycles. The quantitative estimate of drug-likeness (QED) is 0.0272. The first-order chi connectivity index (χ1) is 33.5. The van der Waals surface area contributed by atoms with E-state index < -0.39 is 20.0 Å². The van der Waals surface area contributed by atoms with Gasteiger partial charge in [-0.2, -0.15) is 0 Å². The zero-order chi connectivity index (χ0) is 50.6. The lowest BCUT2D eigenvalue weighted by atomic mass is 10.0. The minimum Gasteiger partial charge on any atom is -0.756 e. The van der Waals surface area contributed by atoms with Crippen molar-refractivity contribution in [3.05, 3.63) is 12.2 Å². The second-order valence-electron chi connectivity index (χ2n) is 22.4. The molecule has 0 radical (unpaired) electrons. The van der Waals surface area contributed by atoms with Crippen molar-refractivity contribution >= 4 is 13.7 Å². The number of allylic oxidation sites excluding steroid dienone is 1. The maximum absolute atomic E-state index is 13.0. The molecule has 0 aromatic rings. The Morgan fingerprint density at radius 1 is 0.493 bits per heavy atom. The van der Waals surface area contributed by atoms with Crippen LogP contribution in [-0.4, -0.2) is 68.5 Å². The van der Waals surface area contributed by atoms with Crippen molar-refractivity contribution in [2.75, 3.05) is 40.9 Å². The van der Waals surface area contributed by atoms with Gasteiger partial charge in [-0.05, 0) is 19.3 Å². The van der Waals surface area contributed by atoms with E-state index in [1.807, 2.05) is 27.2 Å². The van der Waals surface area contributed by atoms with Crippen molar-refractivity contribution < 1.29 is 32.9 Å². The molecule has 9 heteroatoms. The molecule has 0 fully saturated rings. The second kappa shape index (κ2) is 52.1. The van der Waals surface area contributed by atoms with Crippen LogP contribution in [0.5, 0.6) is 0 Å². The van der Waals surface area contributed by atoms with Crippen molar-refractivity contribution in [2.45, 2.75) is 328 Å². The summed E-state index contributed by atoms with van der Waals surface area (Å²) in [5.41, 5.74) is 0. The van der Waals surface area contributed by atoms with Crippen LogP contribution in [0.2, 0.25) is 0 Å². The molecule has 0 aliphatic rings. The van der Waals surface area contributed by atoms with Gasteiger partial charge in [0.2, 0.25) is 5.91 Å². The molecule has 412 valence electrons. The molecule has 3 atom stereocenters. The van der Waals surface area contributed by atoms with Crippen LogP contribution in [-0.2, 0) is 18.4 Å². The summed E-state index contributed by atoms with van der Waals surface area (Å²) in [6.07, 6.45) is 64.5. The third-order valence-electron chi connectivity index (χ3n) is 14.2. The number of carbonyl (C=O) groups is 1. The van der Waals surface area contributed by atoms with E-state index in [-0.39, 0.29) is 19.1 Å². The topological polar surface area (TPSA) is 108 Å². The van der Waals surface area contributed by atoms with Gasteiger partial charge in [-0.3, -0.25) is 9.36 Å². The number of phosphoric acid groups is 1.